The minimum atomic E-state index is -0.397. The molecule has 4 rings (SSSR count). The molecule has 1 fully saturated rings. The molecule has 0 unspecified atom stereocenters. The number of carbonyl (C=O) groups excluding carboxylic acids is 2. The Morgan fingerprint density at radius 3 is 2.71 bits per heavy atom. The molecule has 8 heteroatoms. The van der Waals surface area contributed by atoms with Gasteiger partial charge in [-0.2, -0.15) is 0 Å². The van der Waals surface area contributed by atoms with Crippen LogP contribution >= 0.6 is 0 Å². The van der Waals surface area contributed by atoms with E-state index in [0.29, 0.717) is 36.0 Å². The highest BCUT2D eigenvalue weighted by Crippen LogP contribution is 2.25. The van der Waals surface area contributed by atoms with Crippen LogP contribution in [0.5, 0.6) is 5.75 Å². The van der Waals surface area contributed by atoms with Gasteiger partial charge in [0.2, 0.25) is 0 Å². The number of nitrogens with one attached hydrogen (secondary N) is 1. The number of amides is 2. The predicted molar refractivity (Wildman–Crippen MR) is 102 cm³/mol. The minimum Gasteiger partial charge on any atom is -0.497 e. The van der Waals surface area contributed by atoms with E-state index in [9.17, 15) is 9.59 Å². The molecular formula is C20H17N3O5. The zero-order valence-electron chi connectivity index (χ0n) is 15.0. The second-order valence-corrected chi connectivity index (χ2v) is 6.08. The van der Waals surface area contributed by atoms with Gasteiger partial charge in [0, 0.05) is 23.0 Å². The zero-order valence-corrected chi connectivity index (χ0v) is 15.0. The first kappa shape index (κ1) is 17.6. The van der Waals surface area contributed by atoms with Gasteiger partial charge in [-0.25, -0.2) is 4.79 Å². The maximum absolute atomic E-state index is 12.4. The van der Waals surface area contributed by atoms with Crippen LogP contribution in [0.1, 0.15) is 10.5 Å². The lowest BCUT2D eigenvalue weighted by molar-refractivity contribution is 0.101. The quantitative estimate of drug-likeness (QED) is 0.728. The first-order chi connectivity index (χ1) is 13.6. The van der Waals surface area contributed by atoms with Gasteiger partial charge in [0.15, 0.2) is 11.5 Å². The number of hydrogen-bond donors (Lipinski definition) is 1. The Bertz CT molecular complexity index is 1010. The van der Waals surface area contributed by atoms with Crippen LogP contribution in [0.25, 0.3) is 11.3 Å². The van der Waals surface area contributed by atoms with Gasteiger partial charge < -0.3 is 19.3 Å². The summed E-state index contributed by atoms with van der Waals surface area (Å²) in [6, 6.07) is 15.8. The van der Waals surface area contributed by atoms with Gasteiger partial charge in [-0.15, -0.1) is 0 Å². The van der Waals surface area contributed by atoms with Crippen LogP contribution in [0.3, 0.4) is 0 Å². The highest BCUT2D eigenvalue weighted by Gasteiger charge is 2.23. The molecule has 0 atom stereocenters. The van der Waals surface area contributed by atoms with Crippen molar-refractivity contribution in [3.63, 3.8) is 0 Å². The third-order valence-corrected chi connectivity index (χ3v) is 4.29. The molecule has 8 nitrogen and oxygen atoms in total. The molecule has 28 heavy (non-hydrogen) atoms. The smallest absolute Gasteiger partial charge is 0.414 e. The monoisotopic (exact) mass is 379 g/mol. The summed E-state index contributed by atoms with van der Waals surface area (Å²) >= 11 is 0. The Morgan fingerprint density at radius 1 is 1.18 bits per heavy atom. The first-order valence-electron chi connectivity index (χ1n) is 8.61. The van der Waals surface area contributed by atoms with E-state index in [1.807, 2.05) is 18.2 Å². The Balaban J connectivity index is 1.45. The molecule has 2 aromatic carbocycles. The van der Waals surface area contributed by atoms with Gasteiger partial charge in [-0.05, 0) is 36.4 Å². The van der Waals surface area contributed by atoms with Gasteiger partial charge in [0.25, 0.3) is 5.91 Å². The maximum Gasteiger partial charge on any atom is 0.414 e. The molecule has 0 aliphatic carbocycles. The van der Waals surface area contributed by atoms with E-state index in [4.69, 9.17) is 14.0 Å². The molecule has 3 aromatic rings. The fourth-order valence-corrected chi connectivity index (χ4v) is 2.84. The molecule has 2 amide bonds. The van der Waals surface area contributed by atoms with Gasteiger partial charge in [0.1, 0.15) is 12.4 Å². The minimum absolute atomic E-state index is 0.157. The number of methoxy groups -OCH3 is 1. The highest BCUT2D eigenvalue weighted by molar-refractivity contribution is 6.03. The normalized spacial score (nSPS) is 13.3. The van der Waals surface area contributed by atoms with Crippen molar-refractivity contribution in [3.05, 3.63) is 60.3 Å². The Kier molecular flexibility index (Phi) is 4.67. The Labute approximate surface area is 160 Å². The highest BCUT2D eigenvalue weighted by atomic mass is 16.6. The molecule has 1 N–H and O–H groups in total. The molecule has 1 aromatic heterocycles. The maximum atomic E-state index is 12.4. The van der Waals surface area contributed by atoms with Crippen LogP contribution < -0.4 is 15.0 Å². The largest absolute Gasteiger partial charge is 0.497 e. The van der Waals surface area contributed by atoms with Crippen molar-refractivity contribution in [2.24, 2.45) is 0 Å². The number of anilines is 2. The van der Waals surface area contributed by atoms with Crippen LogP contribution in [0.4, 0.5) is 16.2 Å². The number of nitrogens with zero attached hydrogens (tertiary/aromatic N) is 2. The molecule has 2 heterocycles. The summed E-state index contributed by atoms with van der Waals surface area (Å²) in [5, 5.41) is 6.59. The lowest BCUT2D eigenvalue weighted by Crippen LogP contribution is -2.23. The van der Waals surface area contributed by atoms with E-state index in [2.05, 4.69) is 10.5 Å². The fraction of sp³-hybridized carbons (Fsp3) is 0.150. The van der Waals surface area contributed by atoms with Crippen molar-refractivity contribution in [1.82, 2.24) is 5.16 Å². The summed E-state index contributed by atoms with van der Waals surface area (Å²) in [5.41, 5.74) is 2.20. The van der Waals surface area contributed by atoms with E-state index in [1.165, 1.54) is 4.90 Å². The summed E-state index contributed by atoms with van der Waals surface area (Å²) in [7, 11) is 1.58. The lowest BCUT2D eigenvalue weighted by atomic mass is 10.1. The van der Waals surface area contributed by atoms with E-state index in [-0.39, 0.29) is 11.8 Å². The summed E-state index contributed by atoms with van der Waals surface area (Å²) < 4.78 is 15.4. The number of cyclic esters (lactones) is 1. The van der Waals surface area contributed by atoms with Crippen molar-refractivity contribution in [1.29, 1.82) is 0 Å². The van der Waals surface area contributed by atoms with Gasteiger partial charge >= 0.3 is 6.09 Å². The average Bonchev–Trinajstić information content (AvgIpc) is 3.38. The lowest BCUT2D eigenvalue weighted by Gasteiger charge is -2.13. The number of ether oxygens (including phenoxy) is 2. The van der Waals surface area contributed by atoms with E-state index in [1.54, 1.807) is 43.5 Å². The van der Waals surface area contributed by atoms with Gasteiger partial charge in [-0.3, -0.25) is 9.69 Å². The van der Waals surface area contributed by atoms with Crippen LogP contribution in [-0.2, 0) is 4.74 Å². The third-order valence-electron chi connectivity index (χ3n) is 4.29. The zero-order chi connectivity index (χ0) is 19.5. The van der Waals surface area contributed by atoms with Gasteiger partial charge in [0.05, 0.1) is 13.7 Å². The molecular weight excluding hydrogens is 362 g/mol. The number of rotatable bonds is 5. The molecule has 1 aliphatic heterocycles. The molecule has 1 aliphatic rings. The van der Waals surface area contributed by atoms with E-state index < -0.39 is 5.91 Å². The summed E-state index contributed by atoms with van der Waals surface area (Å²) in [6.07, 6.45) is -0.371. The van der Waals surface area contributed by atoms with Crippen molar-refractivity contribution < 1.29 is 23.6 Å². The Morgan fingerprint density at radius 2 is 2.00 bits per heavy atom. The molecule has 0 bridgehead atoms. The van der Waals surface area contributed by atoms with Crippen LogP contribution in [-0.4, -0.2) is 37.4 Å². The molecule has 0 saturated carbocycles. The summed E-state index contributed by atoms with van der Waals surface area (Å²) in [4.78, 5) is 25.6. The molecule has 0 radical (unpaired) electrons. The van der Waals surface area contributed by atoms with Gasteiger partial charge in [-0.1, -0.05) is 17.3 Å². The van der Waals surface area contributed by atoms with Crippen molar-refractivity contribution in [3.8, 4) is 17.1 Å². The standard InChI is InChI=1S/C20H17N3O5/c1-26-16-4-2-3-13(11-16)18-12-17(22-28-18)19(24)21-14-5-7-15(8-6-14)23-9-10-27-20(23)25/h2-8,11-12H,9-10H2,1H3,(H,21,24). The molecule has 142 valence electrons. The predicted octanol–water partition coefficient (Wildman–Crippen LogP) is 3.56. The van der Waals surface area contributed by atoms with Crippen molar-refractivity contribution in [2.45, 2.75) is 0 Å². The number of aromatic nitrogens is 1. The second kappa shape index (κ2) is 7.43. The van der Waals surface area contributed by atoms with Crippen LogP contribution in [0.15, 0.2) is 59.1 Å². The topological polar surface area (TPSA) is 93.9 Å². The SMILES string of the molecule is COc1cccc(-c2cc(C(=O)Nc3ccc(N4CCOC4=O)cc3)no2)c1. The number of carbonyl (C=O) groups is 2. The van der Waals surface area contributed by atoms with E-state index in [0.717, 1.165) is 5.56 Å². The summed E-state index contributed by atoms with van der Waals surface area (Å²) in [5.74, 6) is 0.750. The Hall–Kier alpha value is -3.81. The fourth-order valence-electron chi connectivity index (χ4n) is 2.84. The first-order valence-corrected chi connectivity index (χ1v) is 8.61. The van der Waals surface area contributed by atoms with Crippen LogP contribution in [0, 0.1) is 0 Å². The average molecular weight is 379 g/mol. The van der Waals surface area contributed by atoms with Crippen molar-refractivity contribution >= 4 is 23.4 Å². The summed E-state index contributed by atoms with van der Waals surface area (Å²) in [6.45, 7) is 0.885. The molecule has 0 spiro atoms. The number of benzene rings is 2. The van der Waals surface area contributed by atoms with Crippen LogP contribution in [0.2, 0.25) is 0 Å². The third kappa shape index (κ3) is 3.52. The van der Waals surface area contributed by atoms with E-state index >= 15 is 0 Å². The molecule has 1 saturated heterocycles. The number of hydrogen-bond acceptors (Lipinski definition) is 6. The second-order valence-electron chi connectivity index (χ2n) is 6.08. The van der Waals surface area contributed by atoms with Crippen molar-refractivity contribution in [2.75, 3.05) is 30.5 Å².